The standard InChI is InChI=1S/C10H11N2OPS.C2H6/c1-13-9-3-5-10(6-4-9)14(15)12-8-2-7-11-12;1-2/h2-8,15H,1H3;1-2H3. The first-order valence-corrected chi connectivity index (χ1v) is 7.89. The molecular weight excluding hydrogens is 251 g/mol. The van der Waals surface area contributed by atoms with Gasteiger partial charge in [0, 0.05) is 17.7 Å². The van der Waals surface area contributed by atoms with E-state index in [9.17, 15) is 0 Å². The molecule has 2 rings (SSSR count). The third-order valence-electron chi connectivity index (χ3n) is 1.99. The van der Waals surface area contributed by atoms with Crippen LogP contribution < -0.4 is 10.0 Å². The Bertz CT molecular complexity index is 417. The molecule has 0 N–H and O–H groups in total. The van der Waals surface area contributed by atoms with Gasteiger partial charge in [0.15, 0.2) is 0 Å². The Morgan fingerprint density at radius 3 is 2.35 bits per heavy atom. The van der Waals surface area contributed by atoms with Gasteiger partial charge in [-0.2, -0.15) is 5.10 Å². The van der Waals surface area contributed by atoms with Crippen LogP contribution in [-0.4, -0.2) is 16.7 Å². The van der Waals surface area contributed by atoms with Crippen LogP contribution in [-0.2, 0) is 0 Å². The second-order valence-corrected chi connectivity index (χ2v) is 5.56. The molecule has 0 fully saturated rings. The maximum Gasteiger partial charge on any atom is 0.118 e. The summed E-state index contributed by atoms with van der Waals surface area (Å²) in [6, 6.07) is 9.79. The molecule has 0 bridgehead atoms. The van der Waals surface area contributed by atoms with E-state index in [1.807, 2.05) is 54.8 Å². The molecule has 0 aliphatic carbocycles. The van der Waals surface area contributed by atoms with Gasteiger partial charge >= 0.3 is 0 Å². The number of nitrogens with zero attached hydrogens (tertiary/aromatic N) is 2. The monoisotopic (exact) mass is 268 g/mol. The molecule has 0 radical (unpaired) electrons. The number of methoxy groups -OCH3 is 1. The number of hydrogen-bond donors (Lipinski definition) is 1. The predicted molar refractivity (Wildman–Crippen MR) is 77.5 cm³/mol. The first-order chi connectivity index (χ1) is 8.31. The Morgan fingerprint density at radius 2 is 1.88 bits per heavy atom. The normalized spacial score (nSPS) is 11.3. The van der Waals surface area contributed by atoms with Crippen molar-refractivity contribution in [1.82, 2.24) is 9.55 Å². The van der Waals surface area contributed by atoms with E-state index in [1.165, 1.54) is 0 Å². The van der Waals surface area contributed by atoms with Crippen molar-refractivity contribution in [2.45, 2.75) is 13.8 Å². The molecule has 1 atom stereocenters. The zero-order chi connectivity index (χ0) is 12.7. The number of benzene rings is 1. The van der Waals surface area contributed by atoms with Crippen molar-refractivity contribution < 1.29 is 4.74 Å². The van der Waals surface area contributed by atoms with E-state index in [4.69, 9.17) is 4.74 Å². The number of aromatic nitrogens is 2. The van der Waals surface area contributed by atoms with Crippen LogP contribution in [0.5, 0.6) is 5.75 Å². The number of thiol groups is 1. The number of hydrogen-bond acceptors (Lipinski definition) is 3. The van der Waals surface area contributed by atoms with E-state index >= 15 is 0 Å². The van der Waals surface area contributed by atoms with E-state index in [1.54, 1.807) is 13.3 Å². The molecule has 0 spiro atoms. The van der Waals surface area contributed by atoms with Crippen LogP contribution in [0.3, 0.4) is 0 Å². The molecule has 2 aromatic rings. The van der Waals surface area contributed by atoms with E-state index in [0.29, 0.717) is 0 Å². The van der Waals surface area contributed by atoms with Crippen molar-refractivity contribution in [2.75, 3.05) is 7.11 Å². The Labute approximate surface area is 109 Å². The summed E-state index contributed by atoms with van der Waals surface area (Å²) in [6.45, 7) is 4.00. The fourth-order valence-electron chi connectivity index (χ4n) is 1.21. The molecule has 1 aromatic heterocycles. The van der Waals surface area contributed by atoms with E-state index in [0.717, 1.165) is 11.1 Å². The predicted octanol–water partition coefficient (Wildman–Crippen LogP) is 3.33. The topological polar surface area (TPSA) is 27.1 Å². The molecule has 3 nitrogen and oxygen atoms in total. The van der Waals surface area contributed by atoms with Crippen molar-refractivity contribution in [1.29, 1.82) is 0 Å². The van der Waals surface area contributed by atoms with Crippen LogP contribution >= 0.6 is 19.5 Å². The highest BCUT2D eigenvalue weighted by molar-refractivity contribution is 8.47. The summed E-state index contributed by atoms with van der Waals surface area (Å²) in [5.74, 6) is 0.857. The smallest absolute Gasteiger partial charge is 0.118 e. The van der Waals surface area contributed by atoms with Crippen LogP contribution in [0.1, 0.15) is 13.8 Å². The summed E-state index contributed by atoms with van der Waals surface area (Å²) in [5.41, 5.74) is 0. The van der Waals surface area contributed by atoms with Gasteiger partial charge in [-0.05, 0) is 30.3 Å². The van der Waals surface area contributed by atoms with Crippen LogP contribution in [0.25, 0.3) is 0 Å². The zero-order valence-electron chi connectivity index (χ0n) is 10.2. The zero-order valence-corrected chi connectivity index (χ0v) is 12.0. The lowest BCUT2D eigenvalue weighted by atomic mass is 10.3. The van der Waals surface area contributed by atoms with Crippen LogP contribution in [0, 0.1) is 0 Å². The molecule has 0 saturated carbocycles. The summed E-state index contributed by atoms with van der Waals surface area (Å²) in [4.78, 5) is 0. The highest BCUT2D eigenvalue weighted by Crippen LogP contribution is 2.39. The third kappa shape index (κ3) is 3.76. The Balaban J connectivity index is 0.000000686. The largest absolute Gasteiger partial charge is 0.497 e. The van der Waals surface area contributed by atoms with E-state index < -0.39 is 7.27 Å². The summed E-state index contributed by atoms with van der Waals surface area (Å²) >= 11 is 4.56. The SMILES string of the molecule is CC.COc1ccc(P(S)n2cccn2)cc1. The first kappa shape index (κ1) is 14.1. The maximum absolute atomic E-state index is 5.10. The van der Waals surface area contributed by atoms with Crippen LogP contribution in [0.15, 0.2) is 42.7 Å². The van der Waals surface area contributed by atoms with Gasteiger partial charge in [0.1, 0.15) is 13.0 Å². The fraction of sp³-hybridized carbons (Fsp3) is 0.250. The third-order valence-corrected chi connectivity index (χ3v) is 4.62. The van der Waals surface area contributed by atoms with Gasteiger partial charge in [0.2, 0.25) is 0 Å². The first-order valence-electron chi connectivity index (χ1n) is 5.44. The fourth-order valence-corrected chi connectivity index (χ4v) is 2.94. The maximum atomic E-state index is 5.10. The minimum Gasteiger partial charge on any atom is -0.497 e. The van der Waals surface area contributed by atoms with Crippen molar-refractivity contribution in [2.24, 2.45) is 0 Å². The van der Waals surface area contributed by atoms with Gasteiger partial charge in [0.25, 0.3) is 0 Å². The summed E-state index contributed by atoms with van der Waals surface area (Å²) in [5, 5.41) is 5.32. The van der Waals surface area contributed by atoms with Gasteiger partial charge in [-0.3, -0.25) is 0 Å². The van der Waals surface area contributed by atoms with Crippen molar-refractivity contribution in [3.05, 3.63) is 42.7 Å². The van der Waals surface area contributed by atoms with Crippen LogP contribution in [0.2, 0.25) is 0 Å². The molecule has 1 unspecified atom stereocenters. The minimum atomic E-state index is -0.707. The van der Waals surface area contributed by atoms with Gasteiger partial charge in [0.05, 0.1) is 7.11 Å². The molecule has 17 heavy (non-hydrogen) atoms. The molecule has 0 saturated heterocycles. The lowest BCUT2D eigenvalue weighted by molar-refractivity contribution is 0.415. The molecular formula is C12H17N2OPS. The lowest BCUT2D eigenvalue weighted by Crippen LogP contribution is -2.03. The highest BCUT2D eigenvalue weighted by atomic mass is 32.7. The van der Waals surface area contributed by atoms with Gasteiger partial charge < -0.3 is 4.74 Å². The molecule has 92 valence electrons. The summed E-state index contributed by atoms with van der Waals surface area (Å²) in [7, 11) is 0.952. The molecule has 1 heterocycles. The van der Waals surface area contributed by atoms with Gasteiger partial charge in [-0.15, -0.1) is 12.2 Å². The van der Waals surface area contributed by atoms with Gasteiger partial charge in [-0.1, -0.05) is 13.8 Å². The van der Waals surface area contributed by atoms with Crippen molar-refractivity contribution >= 4 is 24.8 Å². The summed E-state index contributed by atoms with van der Waals surface area (Å²) < 4.78 is 6.96. The second-order valence-electron chi connectivity index (χ2n) is 2.91. The highest BCUT2D eigenvalue weighted by Gasteiger charge is 2.08. The molecule has 0 amide bonds. The molecule has 0 aliphatic heterocycles. The van der Waals surface area contributed by atoms with Crippen molar-refractivity contribution in [3.63, 3.8) is 0 Å². The van der Waals surface area contributed by atoms with Crippen molar-refractivity contribution in [3.8, 4) is 5.75 Å². The summed E-state index contributed by atoms with van der Waals surface area (Å²) in [6.07, 6.45) is 3.68. The minimum absolute atomic E-state index is 0.707. The average molecular weight is 268 g/mol. The van der Waals surface area contributed by atoms with E-state index in [-0.39, 0.29) is 0 Å². The Hall–Kier alpha value is -0.990. The average Bonchev–Trinajstić information content (AvgIpc) is 2.94. The lowest BCUT2D eigenvalue weighted by Gasteiger charge is -2.11. The quantitative estimate of drug-likeness (QED) is 0.683. The molecule has 1 aromatic carbocycles. The Kier molecular flexibility index (Phi) is 6.09. The van der Waals surface area contributed by atoms with Crippen LogP contribution in [0.4, 0.5) is 0 Å². The van der Waals surface area contributed by atoms with Gasteiger partial charge in [-0.25, -0.2) is 4.45 Å². The Morgan fingerprint density at radius 1 is 1.24 bits per heavy atom. The van der Waals surface area contributed by atoms with E-state index in [2.05, 4.69) is 17.3 Å². The second kappa shape index (κ2) is 7.36. The number of ether oxygens (including phenoxy) is 1. The molecule has 0 aliphatic rings. The molecule has 5 heteroatoms. The number of rotatable bonds is 3.